The fourth-order valence-corrected chi connectivity index (χ4v) is 3.26. The van der Waals surface area contributed by atoms with Crippen LogP contribution in [0.3, 0.4) is 0 Å². The number of amides is 1. The minimum atomic E-state index is -0.100. The second-order valence-electron chi connectivity index (χ2n) is 4.87. The summed E-state index contributed by atoms with van der Waals surface area (Å²) < 4.78 is 0. The van der Waals surface area contributed by atoms with Crippen LogP contribution in [-0.4, -0.2) is 10.9 Å². The second-order valence-corrected chi connectivity index (χ2v) is 6.24. The average molecular weight is 323 g/mol. The van der Waals surface area contributed by atoms with Gasteiger partial charge in [0.25, 0.3) is 5.91 Å². The predicted molar refractivity (Wildman–Crippen MR) is 88.1 cm³/mol. The number of aryl methyl sites for hydroxylation is 1. The largest absolute Gasteiger partial charge is 0.344 e. The van der Waals surface area contributed by atoms with Crippen LogP contribution in [-0.2, 0) is 6.42 Å². The van der Waals surface area contributed by atoms with Crippen molar-refractivity contribution >= 4 is 28.8 Å². The molecule has 0 aliphatic carbocycles. The molecule has 0 aliphatic heterocycles. The smallest absolute Gasteiger partial charge is 0.251 e. The Kier molecular flexibility index (Phi) is 5.76. The van der Waals surface area contributed by atoms with Gasteiger partial charge >= 0.3 is 0 Å². The van der Waals surface area contributed by atoms with Crippen molar-refractivity contribution in [2.45, 2.75) is 39.2 Å². The molecule has 2 aromatic heterocycles. The highest BCUT2D eigenvalue weighted by atomic mass is 35.5. The van der Waals surface area contributed by atoms with Crippen molar-refractivity contribution in [2.24, 2.45) is 0 Å². The molecule has 1 atom stereocenters. The van der Waals surface area contributed by atoms with Gasteiger partial charge in [0.1, 0.15) is 5.15 Å². The molecule has 0 spiro atoms. The van der Waals surface area contributed by atoms with Crippen LogP contribution in [0.5, 0.6) is 0 Å². The minimum Gasteiger partial charge on any atom is -0.344 e. The fraction of sp³-hybridized carbons (Fsp3) is 0.375. The van der Waals surface area contributed by atoms with Crippen molar-refractivity contribution in [3.8, 4) is 0 Å². The first-order chi connectivity index (χ1) is 10.1. The van der Waals surface area contributed by atoms with Crippen molar-refractivity contribution in [2.75, 3.05) is 0 Å². The lowest BCUT2D eigenvalue weighted by Gasteiger charge is -2.16. The molecule has 21 heavy (non-hydrogen) atoms. The SMILES string of the molecule is CCCc1cc(C(=O)NC(CC)c2cccs2)cc(Cl)n1. The quantitative estimate of drug-likeness (QED) is 0.788. The molecule has 0 saturated heterocycles. The Labute approximate surface area is 134 Å². The van der Waals surface area contributed by atoms with E-state index in [1.54, 1.807) is 17.4 Å². The topological polar surface area (TPSA) is 42.0 Å². The van der Waals surface area contributed by atoms with Crippen LogP contribution in [0, 0.1) is 0 Å². The Morgan fingerprint density at radius 2 is 2.24 bits per heavy atom. The number of carbonyl (C=O) groups is 1. The highest BCUT2D eigenvalue weighted by Gasteiger charge is 2.16. The normalized spacial score (nSPS) is 12.1. The summed E-state index contributed by atoms with van der Waals surface area (Å²) >= 11 is 7.66. The van der Waals surface area contributed by atoms with Gasteiger partial charge < -0.3 is 5.32 Å². The minimum absolute atomic E-state index is 0.0408. The third-order valence-corrected chi connectivity index (χ3v) is 4.40. The number of thiophene rings is 1. The number of hydrogen-bond acceptors (Lipinski definition) is 3. The van der Waals surface area contributed by atoms with Gasteiger partial charge in [0, 0.05) is 16.1 Å². The van der Waals surface area contributed by atoms with Gasteiger partial charge in [0.2, 0.25) is 0 Å². The van der Waals surface area contributed by atoms with Gasteiger partial charge in [-0.25, -0.2) is 4.98 Å². The second kappa shape index (κ2) is 7.57. The van der Waals surface area contributed by atoms with E-state index in [9.17, 15) is 4.79 Å². The molecule has 1 N–H and O–H groups in total. The van der Waals surface area contributed by atoms with Gasteiger partial charge in [-0.2, -0.15) is 0 Å². The van der Waals surface area contributed by atoms with E-state index in [0.717, 1.165) is 25.0 Å². The van der Waals surface area contributed by atoms with E-state index >= 15 is 0 Å². The molecule has 0 radical (unpaired) electrons. The van der Waals surface area contributed by atoms with Gasteiger partial charge in [0.15, 0.2) is 0 Å². The van der Waals surface area contributed by atoms with Gasteiger partial charge in [-0.3, -0.25) is 4.79 Å². The summed E-state index contributed by atoms with van der Waals surface area (Å²) in [6.07, 6.45) is 2.65. The van der Waals surface area contributed by atoms with E-state index in [1.807, 2.05) is 23.6 Å². The number of aromatic nitrogens is 1. The first-order valence-electron chi connectivity index (χ1n) is 7.14. The van der Waals surface area contributed by atoms with Crippen LogP contribution in [0.15, 0.2) is 29.6 Å². The molecule has 112 valence electrons. The Morgan fingerprint density at radius 3 is 2.86 bits per heavy atom. The molecular weight excluding hydrogens is 304 g/mol. The van der Waals surface area contributed by atoms with Crippen LogP contribution >= 0.6 is 22.9 Å². The monoisotopic (exact) mass is 322 g/mol. The maximum Gasteiger partial charge on any atom is 0.251 e. The summed E-state index contributed by atoms with van der Waals surface area (Å²) in [5.41, 5.74) is 1.44. The first-order valence-corrected chi connectivity index (χ1v) is 8.40. The molecule has 0 fully saturated rings. The third-order valence-electron chi connectivity index (χ3n) is 3.22. The summed E-state index contributed by atoms with van der Waals surface area (Å²) in [6, 6.07) is 7.53. The molecule has 0 aliphatic rings. The molecule has 0 aromatic carbocycles. The molecule has 1 amide bonds. The molecule has 2 rings (SSSR count). The highest BCUT2D eigenvalue weighted by Crippen LogP contribution is 2.22. The Bertz CT molecular complexity index is 598. The van der Waals surface area contributed by atoms with Crippen molar-refractivity contribution < 1.29 is 4.79 Å². The number of nitrogens with one attached hydrogen (secondary N) is 1. The van der Waals surface area contributed by atoms with E-state index in [4.69, 9.17) is 11.6 Å². The number of carbonyl (C=O) groups excluding carboxylic acids is 1. The molecular formula is C16H19ClN2OS. The van der Waals surface area contributed by atoms with Gasteiger partial charge in [-0.1, -0.05) is 37.9 Å². The molecule has 3 nitrogen and oxygen atoms in total. The van der Waals surface area contributed by atoms with Crippen LogP contribution < -0.4 is 5.32 Å². The molecule has 0 saturated carbocycles. The highest BCUT2D eigenvalue weighted by molar-refractivity contribution is 7.10. The van der Waals surface area contributed by atoms with Crippen LogP contribution in [0.2, 0.25) is 5.15 Å². The summed E-state index contributed by atoms with van der Waals surface area (Å²) in [5, 5.41) is 5.46. The van der Waals surface area contributed by atoms with Crippen LogP contribution in [0.25, 0.3) is 0 Å². The zero-order valence-corrected chi connectivity index (χ0v) is 13.8. The molecule has 0 bridgehead atoms. The molecule has 5 heteroatoms. The van der Waals surface area contributed by atoms with E-state index in [1.165, 1.54) is 4.88 Å². The van der Waals surface area contributed by atoms with E-state index in [-0.39, 0.29) is 11.9 Å². The molecule has 2 aromatic rings. The van der Waals surface area contributed by atoms with Crippen LogP contribution in [0.1, 0.15) is 53.7 Å². The lowest BCUT2D eigenvalue weighted by Crippen LogP contribution is -2.27. The lowest BCUT2D eigenvalue weighted by atomic mass is 10.1. The van der Waals surface area contributed by atoms with E-state index < -0.39 is 0 Å². The summed E-state index contributed by atoms with van der Waals surface area (Å²) in [5.74, 6) is -0.100. The average Bonchev–Trinajstić information content (AvgIpc) is 2.98. The molecule has 1 unspecified atom stereocenters. The maximum atomic E-state index is 12.4. The number of nitrogens with zero attached hydrogens (tertiary/aromatic N) is 1. The predicted octanol–water partition coefficient (Wildman–Crippen LogP) is 4.63. The Hall–Kier alpha value is -1.39. The number of rotatable bonds is 6. The van der Waals surface area contributed by atoms with Crippen molar-refractivity contribution in [3.63, 3.8) is 0 Å². The summed E-state index contributed by atoms with van der Waals surface area (Å²) in [4.78, 5) is 17.8. The van der Waals surface area contributed by atoms with Gasteiger partial charge in [-0.15, -0.1) is 11.3 Å². The zero-order valence-electron chi connectivity index (χ0n) is 12.2. The maximum absolute atomic E-state index is 12.4. The van der Waals surface area contributed by atoms with Crippen molar-refractivity contribution in [1.82, 2.24) is 10.3 Å². The number of hydrogen-bond donors (Lipinski definition) is 1. The van der Waals surface area contributed by atoms with Crippen LogP contribution in [0.4, 0.5) is 0 Å². The lowest BCUT2D eigenvalue weighted by molar-refractivity contribution is 0.0936. The van der Waals surface area contributed by atoms with E-state index in [2.05, 4.69) is 24.1 Å². The van der Waals surface area contributed by atoms with Gasteiger partial charge in [0.05, 0.1) is 6.04 Å². The summed E-state index contributed by atoms with van der Waals surface area (Å²) in [6.45, 7) is 4.14. The van der Waals surface area contributed by atoms with Crippen molar-refractivity contribution in [1.29, 1.82) is 0 Å². The van der Waals surface area contributed by atoms with E-state index in [0.29, 0.717) is 10.7 Å². The van der Waals surface area contributed by atoms with Crippen molar-refractivity contribution in [3.05, 3.63) is 50.9 Å². The third kappa shape index (κ3) is 4.29. The standard InChI is InChI=1S/C16H19ClN2OS/c1-3-6-12-9-11(10-15(17)18-12)16(20)19-13(4-2)14-7-5-8-21-14/h5,7-10,13H,3-4,6H2,1-2H3,(H,19,20). The fourth-order valence-electron chi connectivity index (χ4n) is 2.17. The number of pyridine rings is 1. The van der Waals surface area contributed by atoms with Gasteiger partial charge in [-0.05, 0) is 36.4 Å². The first kappa shape index (κ1) is 16.0. The summed E-state index contributed by atoms with van der Waals surface area (Å²) in [7, 11) is 0. The zero-order chi connectivity index (χ0) is 15.2. The Morgan fingerprint density at radius 1 is 1.43 bits per heavy atom. The molecule has 2 heterocycles. The Balaban J connectivity index is 2.15. The number of halogens is 1.